The van der Waals surface area contributed by atoms with Crippen LogP contribution in [0.1, 0.15) is 11.1 Å². The highest BCUT2D eigenvalue weighted by Gasteiger charge is 2.13. The maximum Gasteiger partial charge on any atom is 0.103 e. The molecule has 13 heavy (non-hydrogen) atoms. The molecule has 2 rings (SSSR count). The maximum absolute atomic E-state index is 2.54. The molecular weight excluding hydrogens is 157 g/mol. The van der Waals surface area contributed by atoms with Gasteiger partial charge in [0.1, 0.15) is 7.85 Å². The number of fused-ring (bicyclic) bond motifs is 1. The topological polar surface area (TPSA) is 3.24 Å². The second-order valence-corrected chi connectivity index (χ2v) is 3.79. The summed E-state index contributed by atoms with van der Waals surface area (Å²) >= 11 is 0. The van der Waals surface area contributed by atoms with Gasteiger partial charge in [-0.25, -0.2) is 0 Å². The van der Waals surface area contributed by atoms with Gasteiger partial charge in [-0.05, 0) is 24.1 Å². The normalized spacial score (nSPS) is 16.9. The lowest BCUT2D eigenvalue weighted by molar-refractivity contribution is 0.268. The molecule has 1 aliphatic heterocycles. The van der Waals surface area contributed by atoms with Gasteiger partial charge in [0.25, 0.3) is 0 Å². The highest BCUT2D eigenvalue weighted by atomic mass is 15.1. The Balaban J connectivity index is 2.11. The number of rotatable bonds is 2. The summed E-state index contributed by atoms with van der Waals surface area (Å²) in [6, 6.07) is 8.82. The lowest BCUT2D eigenvalue weighted by atomic mass is 9.98. The van der Waals surface area contributed by atoms with E-state index < -0.39 is 0 Å². The minimum absolute atomic E-state index is 1.16. The van der Waals surface area contributed by atoms with E-state index in [0.29, 0.717) is 0 Å². The summed E-state index contributed by atoms with van der Waals surface area (Å²) in [4.78, 5) is 2.54. The van der Waals surface area contributed by atoms with Crippen molar-refractivity contribution in [1.82, 2.24) is 4.90 Å². The van der Waals surface area contributed by atoms with Crippen LogP contribution in [0.2, 0.25) is 6.32 Å². The zero-order chi connectivity index (χ0) is 9.10. The second-order valence-electron chi connectivity index (χ2n) is 3.79. The van der Waals surface area contributed by atoms with Crippen LogP contribution in [-0.2, 0) is 13.0 Å². The van der Waals surface area contributed by atoms with Gasteiger partial charge < -0.3 is 0 Å². The molecule has 1 heterocycles. The first kappa shape index (κ1) is 8.83. The van der Waals surface area contributed by atoms with Crippen LogP contribution in [0.4, 0.5) is 0 Å². The van der Waals surface area contributed by atoms with Gasteiger partial charge in [-0.3, -0.25) is 4.90 Å². The van der Waals surface area contributed by atoms with E-state index in [1.54, 1.807) is 5.56 Å². The fourth-order valence-electron chi connectivity index (χ4n) is 2.06. The molecule has 0 saturated heterocycles. The Kier molecular flexibility index (Phi) is 2.69. The number of hydrogen-bond acceptors (Lipinski definition) is 1. The summed E-state index contributed by atoms with van der Waals surface area (Å²) in [7, 11) is 2.25. The molecule has 0 amide bonds. The van der Waals surface area contributed by atoms with Crippen LogP contribution < -0.4 is 0 Å². The first-order valence-corrected chi connectivity index (χ1v) is 5.19. The third-order valence-electron chi connectivity index (χ3n) is 2.75. The molecule has 0 aromatic heterocycles. The standard InChI is InChI=1S/C11H16BN/c12-6-8-13-7-5-10-3-1-2-4-11(10)9-13/h1-4H,5-9,12H2. The molecule has 0 radical (unpaired) electrons. The van der Waals surface area contributed by atoms with Crippen molar-refractivity contribution in [3.05, 3.63) is 35.4 Å². The summed E-state index contributed by atoms with van der Waals surface area (Å²) in [5.41, 5.74) is 3.08. The number of nitrogens with zero attached hydrogens (tertiary/aromatic N) is 1. The van der Waals surface area contributed by atoms with Gasteiger partial charge in [0.2, 0.25) is 0 Å². The van der Waals surface area contributed by atoms with Crippen molar-refractivity contribution in [3.8, 4) is 0 Å². The fraction of sp³-hybridized carbons (Fsp3) is 0.455. The Hall–Kier alpha value is -0.755. The molecule has 1 aromatic rings. The largest absolute Gasteiger partial charge is 0.299 e. The number of hydrogen-bond donors (Lipinski definition) is 0. The molecule has 0 unspecified atom stereocenters. The summed E-state index contributed by atoms with van der Waals surface area (Å²) in [5.74, 6) is 0. The Bertz CT molecular complexity index is 285. The van der Waals surface area contributed by atoms with Crippen LogP contribution in [-0.4, -0.2) is 25.8 Å². The van der Waals surface area contributed by atoms with Gasteiger partial charge in [0.15, 0.2) is 0 Å². The monoisotopic (exact) mass is 173 g/mol. The summed E-state index contributed by atoms with van der Waals surface area (Å²) in [6.45, 7) is 3.64. The van der Waals surface area contributed by atoms with Gasteiger partial charge in [-0.15, -0.1) is 0 Å². The van der Waals surface area contributed by atoms with Gasteiger partial charge in [-0.2, -0.15) is 0 Å². The van der Waals surface area contributed by atoms with Crippen LogP contribution in [0.15, 0.2) is 24.3 Å². The van der Waals surface area contributed by atoms with Gasteiger partial charge in [0.05, 0.1) is 0 Å². The van der Waals surface area contributed by atoms with Crippen LogP contribution in [0.25, 0.3) is 0 Å². The van der Waals surface area contributed by atoms with E-state index >= 15 is 0 Å². The first-order chi connectivity index (χ1) is 6.40. The average Bonchev–Trinajstić information content (AvgIpc) is 2.18. The van der Waals surface area contributed by atoms with Crippen LogP contribution in [0.3, 0.4) is 0 Å². The molecule has 0 bridgehead atoms. The molecule has 1 nitrogen and oxygen atoms in total. The van der Waals surface area contributed by atoms with Crippen molar-refractivity contribution < 1.29 is 0 Å². The Morgan fingerprint density at radius 3 is 2.77 bits per heavy atom. The van der Waals surface area contributed by atoms with Gasteiger partial charge in [0, 0.05) is 13.1 Å². The lowest BCUT2D eigenvalue weighted by Gasteiger charge is -2.28. The van der Waals surface area contributed by atoms with Crippen molar-refractivity contribution in [1.29, 1.82) is 0 Å². The van der Waals surface area contributed by atoms with E-state index in [1.165, 1.54) is 31.4 Å². The number of benzene rings is 1. The van der Waals surface area contributed by atoms with E-state index in [-0.39, 0.29) is 0 Å². The van der Waals surface area contributed by atoms with Crippen molar-refractivity contribution in [2.45, 2.75) is 19.3 Å². The summed E-state index contributed by atoms with van der Waals surface area (Å²) in [6.07, 6.45) is 2.50. The Morgan fingerprint density at radius 1 is 1.23 bits per heavy atom. The molecule has 68 valence electrons. The Morgan fingerprint density at radius 2 is 2.00 bits per heavy atom. The fourth-order valence-corrected chi connectivity index (χ4v) is 2.06. The van der Waals surface area contributed by atoms with E-state index in [2.05, 4.69) is 37.0 Å². The zero-order valence-electron chi connectivity index (χ0n) is 8.29. The second kappa shape index (κ2) is 3.97. The summed E-state index contributed by atoms with van der Waals surface area (Å²) in [5, 5.41) is 0. The molecule has 2 heteroatoms. The molecule has 1 aromatic carbocycles. The molecule has 0 saturated carbocycles. The van der Waals surface area contributed by atoms with Gasteiger partial charge >= 0.3 is 0 Å². The molecule has 0 fully saturated rings. The minimum Gasteiger partial charge on any atom is -0.299 e. The maximum atomic E-state index is 2.54. The smallest absolute Gasteiger partial charge is 0.103 e. The average molecular weight is 173 g/mol. The van der Waals surface area contributed by atoms with Crippen molar-refractivity contribution in [3.63, 3.8) is 0 Å². The quantitative estimate of drug-likeness (QED) is 0.605. The SMILES string of the molecule is BCCN1CCc2ccccc2C1. The van der Waals surface area contributed by atoms with Crippen LogP contribution in [0, 0.1) is 0 Å². The zero-order valence-corrected chi connectivity index (χ0v) is 8.29. The molecular formula is C11H16BN. The highest BCUT2D eigenvalue weighted by molar-refractivity contribution is 6.08. The summed E-state index contributed by atoms with van der Waals surface area (Å²) < 4.78 is 0. The lowest BCUT2D eigenvalue weighted by Crippen LogP contribution is -2.31. The van der Waals surface area contributed by atoms with Crippen LogP contribution >= 0.6 is 0 Å². The molecule has 0 spiro atoms. The predicted molar refractivity (Wildman–Crippen MR) is 58.8 cm³/mol. The molecule has 0 atom stereocenters. The third kappa shape index (κ3) is 1.94. The first-order valence-electron chi connectivity index (χ1n) is 5.19. The highest BCUT2D eigenvalue weighted by Crippen LogP contribution is 2.17. The van der Waals surface area contributed by atoms with Crippen LogP contribution in [0.5, 0.6) is 0 Å². The van der Waals surface area contributed by atoms with E-state index in [4.69, 9.17) is 0 Å². The molecule has 1 aliphatic rings. The van der Waals surface area contributed by atoms with E-state index in [0.717, 1.165) is 6.54 Å². The predicted octanol–water partition coefficient (Wildman–Crippen LogP) is 1.10. The molecule has 0 N–H and O–H groups in total. The van der Waals surface area contributed by atoms with E-state index in [1.807, 2.05) is 0 Å². The van der Waals surface area contributed by atoms with Crippen molar-refractivity contribution in [2.24, 2.45) is 0 Å². The third-order valence-corrected chi connectivity index (χ3v) is 2.75. The minimum atomic E-state index is 1.16. The van der Waals surface area contributed by atoms with Gasteiger partial charge in [-0.1, -0.05) is 30.6 Å². The van der Waals surface area contributed by atoms with E-state index in [9.17, 15) is 0 Å². The molecule has 0 aliphatic carbocycles. The van der Waals surface area contributed by atoms with Crippen molar-refractivity contribution >= 4 is 7.85 Å². The van der Waals surface area contributed by atoms with Crippen molar-refractivity contribution in [2.75, 3.05) is 13.1 Å². The Labute approximate surface area is 81.2 Å².